The van der Waals surface area contributed by atoms with Crippen molar-refractivity contribution in [2.75, 3.05) is 11.9 Å². The molecule has 5 nitrogen and oxygen atoms in total. The van der Waals surface area contributed by atoms with Gasteiger partial charge in [-0.05, 0) is 54.8 Å². The molecule has 0 unspecified atom stereocenters. The number of hydrogen-bond acceptors (Lipinski definition) is 4. The fourth-order valence-electron chi connectivity index (χ4n) is 2.96. The van der Waals surface area contributed by atoms with Crippen molar-refractivity contribution in [3.05, 3.63) is 95.1 Å². The molecule has 0 saturated heterocycles. The molecule has 0 aromatic heterocycles. The van der Waals surface area contributed by atoms with E-state index in [1.54, 1.807) is 24.3 Å². The Balaban J connectivity index is 1.79. The molecule has 3 aromatic carbocycles. The summed E-state index contributed by atoms with van der Waals surface area (Å²) in [6.07, 6.45) is 1.54. The zero-order valence-electron chi connectivity index (χ0n) is 17.6. The standard InChI is InChI=1S/C26H24N2O3/c1-3-30-25-16-21(13-14-24(25)31-18-20-10-5-4-6-11-20)15-22(17-27)26(29)28-23-12-8-7-9-19(23)2/h4-16H,3,18H2,1-2H3,(H,28,29)/b22-15+. The van der Waals surface area contributed by atoms with Crippen LogP contribution in [0.4, 0.5) is 5.69 Å². The quantitative estimate of drug-likeness (QED) is 0.391. The lowest BCUT2D eigenvalue weighted by Crippen LogP contribution is -2.14. The van der Waals surface area contributed by atoms with E-state index in [2.05, 4.69) is 5.32 Å². The van der Waals surface area contributed by atoms with Crippen LogP contribution in [0.25, 0.3) is 6.08 Å². The van der Waals surface area contributed by atoms with E-state index in [1.807, 2.05) is 68.4 Å². The molecule has 0 radical (unpaired) electrons. The highest BCUT2D eigenvalue weighted by Crippen LogP contribution is 2.30. The van der Waals surface area contributed by atoms with E-state index >= 15 is 0 Å². The second-order valence-electron chi connectivity index (χ2n) is 6.85. The molecule has 0 bridgehead atoms. The van der Waals surface area contributed by atoms with Crippen LogP contribution >= 0.6 is 0 Å². The van der Waals surface area contributed by atoms with Gasteiger partial charge in [0.25, 0.3) is 5.91 Å². The third-order valence-corrected chi connectivity index (χ3v) is 4.57. The molecular weight excluding hydrogens is 388 g/mol. The summed E-state index contributed by atoms with van der Waals surface area (Å²) >= 11 is 0. The molecule has 156 valence electrons. The Morgan fingerprint density at radius 1 is 1.00 bits per heavy atom. The van der Waals surface area contributed by atoms with Gasteiger partial charge in [-0.1, -0.05) is 54.6 Å². The van der Waals surface area contributed by atoms with Crippen molar-refractivity contribution < 1.29 is 14.3 Å². The van der Waals surface area contributed by atoms with Crippen LogP contribution in [0.2, 0.25) is 0 Å². The Morgan fingerprint density at radius 3 is 2.45 bits per heavy atom. The highest BCUT2D eigenvalue weighted by atomic mass is 16.5. The third-order valence-electron chi connectivity index (χ3n) is 4.57. The number of nitriles is 1. The zero-order valence-corrected chi connectivity index (χ0v) is 17.6. The van der Waals surface area contributed by atoms with Crippen LogP contribution in [0, 0.1) is 18.3 Å². The molecule has 3 aromatic rings. The number of anilines is 1. The first-order chi connectivity index (χ1) is 15.1. The van der Waals surface area contributed by atoms with Crippen LogP contribution in [0.5, 0.6) is 11.5 Å². The van der Waals surface area contributed by atoms with Gasteiger partial charge in [0.05, 0.1) is 6.61 Å². The van der Waals surface area contributed by atoms with Gasteiger partial charge in [-0.2, -0.15) is 5.26 Å². The number of rotatable bonds is 8. The molecule has 0 aliphatic rings. The molecule has 0 aliphatic heterocycles. The fraction of sp³-hybridized carbons (Fsp3) is 0.154. The van der Waals surface area contributed by atoms with Crippen molar-refractivity contribution in [3.63, 3.8) is 0 Å². The van der Waals surface area contributed by atoms with Crippen LogP contribution in [-0.4, -0.2) is 12.5 Å². The van der Waals surface area contributed by atoms with Gasteiger partial charge in [0.2, 0.25) is 0 Å². The fourth-order valence-corrected chi connectivity index (χ4v) is 2.96. The largest absolute Gasteiger partial charge is 0.490 e. The molecule has 1 N–H and O–H groups in total. The van der Waals surface area contributed by atoms with Crippen LogP contribution in [0.3, 0.4) is 0 Å². The van der Waals surface area contributed by atoms with E-state index in [0.29, 0.717) is 36.0 Å². The summed E-state index contributed by atoms with van der Waals surface area (Å²) in [6.45, 7) is 4.67. The zero-order chi connectivity index (χ0) is 22.1. The van der Waals surface area contributed by atoms with E-state index in [9.17, 15) is 10.1 Å². The molecule has 0 aliphatic carbocycles. The average molecular weight is 412 g/mol. The Morgan fingerprint density at radius 2 is 1.74 bits per heavy atom. The average Bonchev–Trinajstić information content (AvgIpc) is 2.79. The van der Waals surface area contributed by atoms with Gasteiger partial charge in [-0.25, -0.2) is 0 Å². The molecule has 1 amide bonds. The maximum Gasteiger partial charge on any atom is 0.266 e. The minimum atomic E-state index is -0.459. The van der Waals surface area contributed by atoms with Gasteiger partial charge in [-0.3, -0.25) is 4.79 Å². The van der Waals surface area contributed by atoms with Crippen molar-refractivity contribution in [2.24, 2.45) is 0 Å². The number of nitrogens with zero attached hydrogens (tertiary/aromatic N) is 1. The Labute approximate surface area is 182 Å². The first-order valence-electron chi connectivity index (χ1n) is 10.0. The minimum absolute atomic E-state index is 0.00338. The highest BCUT2D eigenvalue weighted by Gasteiger charge is 2.12. The number of aryl methyl sites for hydroxylation is 1. The number of carbonyl (C=O) groups is 1. The second-order valence-corrected chi connectivity index (χ2v) is 6.85. The minimum Gasteiger partial charge on any atom is -0.490 e. The maximum atomic E-state index is 12.6. The number of benzene rings is 3. The number of ether oxygens (including phenoxy) is 2. The van der Waals surface area contributed by atoms with Gasteiger partial charge in [0, 0.05) is 5.69 Å². The van der Waals surface area contributed by atoms with Crippen molar-refractivity contribution in [1.29, 1.82) is 5.26 Å². The highest BCUT2D eigenvalue weighted by molar-refractivity contribution is 6.10. The molecule has 3 rings (SSSR count). The monoisotopic (exact) mass is 412 g/mol. The van der Waals surface area contributed by atoms with Crippen molar-refractivity contribution in [2.45, 2.75) is 20.5 Å². The summed E-state index contributed by atoms with van der Waals surface area (Å²) in [6, 6.07) is 24.6. The topological polar surface area (TPSA) is 71.3 Å². The summed E-state index contributed by atoms with van der Waals surface area (Å²) in [4.78, 5) is 12.6. The first kappa shape index (κ1) is 21.7. The SMILES string of the molecule is CCOc1cc(/C=C(\C#N)C(=O)Nc2ccccc2C)ccc1OCc1ccccc1. The van der Waals surface area contributed by atoms with Gasteiger partial charge >= 0.3 is 0 Å². The van der Waals surface area contributed by atoms with Gasteiger partial charge in [0.15, 0.2) is 11.5 Å². The van der Waals surface area contributed by atoms with Crippen molar-refractivity contribution in [1.82, 2.24) is 0 Å². The van der Waals surface area contributed by atoms with E-state index in [4.69, 9.17) is 9.47 Å². The Kier molecular flexibility index (Phi) is 7.45. The molecule has 0 atom stereocenters. The lowest BCUT2D eigenvalue weighted by atomic mass is 10.1. The summed E-state index contributed by atoms with van der Waals surface area (Å²) in [7, 11) is 0. The predicted molar refractivity (Wildman–Crippen MR) is 122 cm³/mol. The van der Waals surface area contributed by atoms with E-state index in [-0.39, 0.29) is 5.57 Å². The van der Waals surface area contributed by atoms with Crippen molar-refractivity contribution in [3.8, 4) is 17.6 Å². The molecular formula is C26H24N2O3. The number of nitrogens with one attached hydrogen (secondary N) is 1. The number of para-hydroxylation sites is 1. The molecule has 31 heavy (non-hydrogen) atoms. The third kappa shape index (κ3) is 5.97. The van der Waals surface area contributed by atoms with E-state index in [1.165, 1.54) is 6.08 Å². The van der Waals surface area contributed by atoms with Crippen LogP contribution in [0.15, 0.2) is 78.4 Å². The van der Waals surface area contributed by atoms with Gasteiger partial charge in [0.1, 0.15) is 18.2 Å². The summed E-state index contributed by atoms with van der Waals surface area (Å²) in [5.74, 6) is 0.702. The smallest absolute Gasteiger partial charge is 0.266 e. The first-order valence-corrected chi connectivity index (χ1v) is 10.0. The number of amides is 1. The van der Waals surface area contributed by atoms with E-state index in [0.717, 1.165) is 11.1 Å². The molecule has 0 spiro atoms. The molecule has 0 heterocycles. The van der Waals surface area contributed by atoms with Gasteiger partial charge < -0.3 is 14.8 Å². The van der Waals surface area contributed by atoms with Crippen molar-refractivity contribution >= 4 is 17.7 Å². The molecule has 5 heteroatoms. The van der Waals surface area contributed by atoms with E-state index < -0.39 is 5.91 Å². The molecule has 0 fully saturated rings. The summed E-state index contributed by atoms with van der Waals surface area (Å²) < 4.78 is 11.6. The second kappa shape index (κ2) is 10.7. The lowest BCUT2D eigenvalue weighted by Gasteiger charge is -2.13. The summed E-state index contributed by atoms with van der Waals surface area (Å²) in [5.41, 5.74) is 3.32. The predicted octanol–water partition coefficient (Wildman–Crippen LogP) is 5.52. The number of carbonyl (C=O) groups excluding carboxylic acids is 1. The van der Waals surface area contributed by atoms with Crippen LogP contribution in [-0.2, 0) is 11.4 Å². The molecule has 0 saturated carbocycles. The van der Waals surface area contributed by atoms with Crippen LogP contribution < -0.4 is 14.8 Å². The lowest BCUT2D eigenvalue weighted by molar-refractivity contribution is -0.112. The van der Waals surface area contributed by atoms with Gasteiger partial charge in [-0.15, -0.1) is 0 Å². The Bertz CT molecular complexity index is 1110. The number of hydrogen-bond donors (Lipinski definition) is 1. The maximum absolute atomic E-state index is 12.6. The Hall–Kier alpha value is -4.04. The van der Waals surface area contributed by atoms with Crippen LogP contribution in [0.1, 0.15) is 23.6 Å². The normalized spacial score (nSPS) is 10.8. The summed E-state index contributed by atoms with van der Waals surface area (Å²) in [5, 5.41) is 12.3.